The van der Waals surface area contributed by atoms with E-state index in [1.165, 1.54) is 31.8 Å². The zero-order valence-electron chi connectivity index (χ0n) is 11.7. The first-order chi connectivity index (χ1) is 9.65. The van der Waals surface area contributed by atoms with Gasteiger partial charge in [0.2, 0.25) is 0 Å². The number of benzene rings is 1. The van der Waals surface area contributed by atoms with Gasteiger partial charge in [-0.3, -0.25) is 4.79 Å². The topological polar surface area (TPSA) is 58.2 Å². The molecule has 1 fully saturated rings. The molecule has 2 rings (SSSR count). The van der Waals surface area contributed by atoms with Gasteiger partial charge in [-0.25, -0.2) is 4.79 Å². The molecule has 0 atom stereocenters. The summed E-state index contributed by atoms with van der Waals surface area (Å²) in [5, 5.41) is 5.48. The first-order valence-corrected chi connectivity index (χ1v) is 7.01. The molecule has 1 aliphatic carbocycles. The summed E-state index contributed by atoms with van der Waals surface area (Å²) in [6, 6.07) is 6.65. The first-order valence-electron chi connectivity index (χ1n) is 7.01. The largest absolute Gasteiger partial charge is 0.323 e. The lowest BCUT2D eigenvalue weighted by Gasteiger charge is -2.13. The molecular weight excluding hydrogens is 252 g/mol. The van der Waals surface area contributed by atoms with E-state index in [0.717, 1.165) is 12.8 Å². The minimum atomic E-state index is -0.274. The number of Topliss-reactive ketones (excluding diaryl/α,β-unsaturated/α-hetero) is 1. The van der Waals surface area contributed by atoms with Gasteiger partial charge in [0.25, 0.3) is 0 Å². The molecule has 4 heteroatoms. The smallest absolute Gasteiger partial charge is 0.314 e. The van der Waals surface area contributed by atoms with Crippen molar-refractivity contribution in [2.24, 2.45) is 0 Å². The second kappa shape index (κ2) is 6.89. The SMILES string of the molecule is CC(=O)c1cccc(NC(=O)NC=C2CCCCC2)c1. The minimum Gasteiger partial charge on any atom is -0.314 e. The lowest BCUT2D eigenvalue weighted by atomic mass is 9.96. The van der Waals surface area contributed by atoms with Crippen LogP contribution < -0.4 is 10.6 Å². The lowest BCUT2D eigenvalue weighted by molar-refractivity contribution is 0.101. The number of carbonyl (C=O) groups excluding carboxylic acids is 2. The van der Waals surface area contributed by atoms with Gasteiger partial charge in [0.1, 0.15) is 0 Å². The summed E-state index contributed by atoms with van der Waals surface area (Å²) >= 11 is 0. The zero-order valence-corrected chi connectivity index (χ0v) is 11.7. The fourth-order valence-corrected chi connectivity index (χ4v) is 2.30. The Hall–Kier alpha value is -2.10. The Morgan fingerprint density at radius 3 is 2.60 bits per heavy atom. The molecule has 2 N–H and O–H groups in total. The number of allylic oxidation sites excluding steroid dienone is 1. The minimum absolute atomic E-state index is 0.0154. The number of hydrogen-bond acceptors (Lipinski definition) is 2. The van der Waals surface area contributed by atoms with Gasteiger partial charge in [-0.1, -0.05) is 24.1 Å². The maximum Gasteiger partial charge on any atom is 0.323 e. The van der Waals surface area contributed by atoms with Gasteiger partial charge in [-0.15, -0.1) is 0 Å². The second-order valence-electron chi connectivity index (χ2n) is 5.10. The Morgan fingerprint density at radius 1 is 1.15 bits per heavy atom. The predicted octanol–water partition coefficient (Wildman–Crippen LogP) is 3.86. The molecule has 4 nitrogen and oxygen atoms in total. The van der Waals surface area contributed by atoms with Crippen LogP contribution >= 0.6 is 0 Å². The van der Waals surface area contributed by atoms with Gasteiger partial charge in [0, 0.05) is 17.5 Å². The lowest BCUT2D eigenvalue weighted by Crippen LogP contribution is -2.24. The van der Waals surface area contributed by atoms with Crippen molar-refractivity contribution in [3.63, 3.8) is 0 Å². The predicted molar refractivity (Wildman–Crippen MR) is 79.8 cm³/mol. The molecule has 106 valence electrons. The Morgan fingerprint density at radius 2 is 1.90 bits per heavy atom. The summed E-state index contributed by atoms with van der Waals surface area (Å²) < 4.78 is 0. The Labute approximate surface area is 119 Å². The van der Waals surface area contributed by atoms with Crippen LogP contribution in [0, 0.1) is 0 Å². The number of rotatable bonds is 3. The number of urea groups is 1. The highest BCUT2D eigenvalue weighted by molar-refractivity contribution is 5.96. The van der Waals surface area contributed by atoms with E-state index in [2.05, 4.69) is 10.6 Å². The highest BCUT2D eigenvalue weighted by atomic mass is 16.2. The number of carbonyl (C=O) groups is 2. The van der Waals surface area contributed by atoms with E-state index >= 15 is 0 Å². The number of anilines is 1. The maximum absolute atomic E-state index is 11.8. The number of nitrogens with one attached hydrogen (secondary N) is 2. The molecule has 2 amide bonds. The Bertz CT molecular complexity index is 527. The van der Waals surface area contributed by atoms with Crippen molar-refractivity contribution < 1.29 is 9.59 Å². The summed E-state index contributed by atoms with van der Waals surface area (Å²) in [6.07, 6.45) is 7.64. The van der Waals surface area contributed by atoms with E-state index in [0.29, 0.717) is 11.3 Å². The van der Waals surface area contributed by atoms with E-state index in [9.17, 15) is 9.59 Å². The standard InChI is InChI=1S/C16H20N2O2/c1-12(19)14-8-5-9-15(10-14)18-16(20)17-11-13-6-3-2-4-7-13/h5,8-11H,2-4,6-7H2,1H3,(H2,17,18,20). The molecule has 1 saturated carbocycles. The van der Waals surface area contributed by atoms with Crippen molar-refractivity contribution >= 4 is 17.5 Å². The van der Waals surface area contributed by atoms with Crippen molar-refractivity contribution in [2.45, 2.75) is 39.0 Å². The number of hydrogen-bond donors (Lipinski definition) is 2. The van der Waals surface area contributed by atoms with E-state index in [-0.39, 0.29) is 11.8 Å². The third-order valence-corrected chi connectivity index (χ3v) is 3.43. The number of ketones is 1. The summed E-state index contributed by atoms with van der Waals surface area (Å²) in [5.41, 5.74) is 2.51. The third-order valence-electron chi connectivity index (χ3n) is 3.43. The maximum atomic E-state index is 11.8. The van der Waals surface area contributed by atoms with Crippen LogP contribution in [0.15, 0.2) is 36.0 Å². The normalized spacial score (nSPS) is 14.6. The molecule has 20 heavy (non-hydrogen) atoms. The summed E-state index contributed by atoms with van der Waals surface area (Å²) in [7, 11) is 0. The molecule has 0 saturated heterocycles. The quantitative estimate of drug-likeness (QED) is 0.821. The van der Waals surface area contributed by atoms with Crippen molar-refractivity contribution in [3.8, 4) is 0 Å². The average molecular weight is 272 g/mol. The van der Waals surface area contributed by atoms with Gasteiger partial charge in [-0.2, -0.15) is 0 Å². The van der Waals surface area contributed by atoms with E-state index in [4.69, 9.17) is 0 Å². The summed E-state index contributed by atoms with van der Waals surface area (Å²) in [6.45, 7) is 1.51. The fraction of sp³-hybridized carbons (Fsp3) is 0.375. The molecule has 1 aliphatic rings. The molecule has 0 bridgehead atoms. The van der Waals surface area contributed by atoms with E-state index in [1.807, 2.05) is 6.20 Å². The van der Waals surface area contributed by atoms with Crippen molar-refractivity contribution in [1.29, 1.82) is 0 Å². The van der Waals surface area contributed by atoms with Crippen molar-refractivity contribution in [2.75, 3.05) is 5.32 Å². The van der Waals surface area contributed by atoms with Crippen LogP contribution in [0.4, 0.5) is 10.5 Å². The van der Waals surface area contributed by atoms with Crippen LogP contribution in [-0.2, 0) is 0 Å². The van der Waals surface area contributed by atoms with E-state index in [1.54, 1.807) is 24.3 Å². The molecule has 0 aliphatic heterocycles. The Kier molecular flexibility index (Phi) is 4.93. The average Bonchev–Trinajstić information content (AvgIpc) is 2.46. The fourth-order valence-electron chi connectivity index (χ4n) is 2.30. The van der Waals surface area contributed by atoms with Crippen LogP contribution in [0.25, 0.3) is 0 Å². The zero-order chi connectivity index (χ0) is 14.4. The van der Waals surface area contributed by atoms with E-state index < -0.39 is 0 Å². The number of amides is 2. The first kappa shape index (κ1) is 14.3. The summed E-state index contributed by atoms with van der Waals surface area (Å²) in [5.74, 6) is -0.0154. The van der Waals surface area contributed by atoms with Gasteiger partial charge < -0.3 is 10.6 Å². The van der Waals surface area contributed by atoms with Gasteiger partial charge in [0.05, 0.1) is 0 Å². The summed E-state index contributed by atoms with van der Waals surface area (Å²) in [4.78, 5) is 23.1. The molecule has 1 aromatic carbocycles. The van der Waals surface area contributed by atoms with Crippen LogP contribution in [0.5, 0.6) is 0 Å². The van der Waals surface area contributed by atoms with Crippen LogP contribution in [-0.4, -0.2) is 11.8 Å². The molecule has 0 spiro atoms. The molecule has 0 unspecified atom stereocenters. The van der Waals surface area contributed by atoms with Gasteiger partial charge in [-0.05, 0) is 44.7 Å². The third kappa shape index (κ3) is 4.23. The molecule has 0 radical (unpaired) electrons. The van der Waals surface area contributed by atoms with Crippen LogP contribution in [0.3, 0.4) is 0 Å². The monoisotopic (exact) mass is 272 g/mol. The molecular formula is C16H20N2O2. The van der Waals surface area contributed by atoms with Crippen LogP contribution in [0.2, 0.25) is 0 Å². The Balaban J connectivity index is 1.91. The molecule has 1 aromatic rings. The highest BCUT2D eigenvalue weighted by Gasteiger charge is 2.06. The van der Waals surface area contributed by atoms with Crippen molar-refractivity contribution in [3.05, 3.63) is 41.6 Å². The van der Waals surface area contributed by atoms with Crippen LogP contribution in [0.1, 0.15) is 49.4 Å². The molecule has 0 aromatic heterocycles. The van der Waals surface area contributed by atoms with Crippen molar-refractivity contribution in [1.82, 2.24) is 5.32 Å². The second-order valence-corrected chi connectivity index (χ2v) is 5.10. The molecule has 0 heterocycles. The highest BCUT2D eigenvalue weighted by Crippen LogP contribution is 2.21. The van der Waals surface area contributed by atoms with Gasteiger partial charge >= 0.3 is 6.03 Å². The van der Waals surface area contributed by atoms with Gasteiger partial charge in [0.15, 0.2) is 5.78 Å².